The maximum absolute atomic E-state index is 12.8. The van der Waals surface area contributed by atoms with Gasteiger partial charge in [0, 0.05) is 30.1 Å². The molecule has 0 aliphatic carbocycles. The van der Waals surface area contributed by atoms with Gasteiger partial charge in [0.05, 0.1) is 5.52 Å². The minimum Gasteiger partial charge on any atom is -0.337 e. The van der Waals surface area contributed by atoms with Crippen molar-refractivity contribution < 1.29 is 9.59 Å². The predicted molar refractivity (Wildman–Crippen MR) is 95.6 cm³/mol. The summed E-state index contributed by atoms with van der Waals surface area (Å²) in [7, 11) is 0. The standard InChI is InChI=1S/C17H17N5O2S/c23-14(19-17-18-7-10-25-17)11-22-13-6-2-1-5-12(13)15(20-22)16(24)21-8-3-4-9-21/h1-2,5-7,10H,3-4,8-9,11H2,(H,18,19,23). The summed E-state index contributed by atoms with van der Waals surface area (Å²) in [6, 6.07) is 7.51. The molecule has 0 unspecified atom stereocenters. The Bertz CT molecular complexity index is 912. The van der Waals surface area contributed by atoms with E-state index in [0.717, 1.165) is 36.8 Å². The summed E-state index contributed by atoms with van der Waals surface area (Å²) >= 11 is 1.36. The third-order valence-electron chi connectivity index (χ3n) is 4.23. The van der Waals surface area contributed by atoms with Crippen molar-refractivity contribution in [2.45, 2.75) is 19.4 Å². The number of thiazole rings is 1. The molecule has 2 amide bonds. The Balaban J connectivity index is 1.62. The van der Waals surface area contributed by atoms with E-state index < -0.39 is 0 Å². The molecule has 2 aromatic heterocycles. The van der Waals surface area contributed by atoms with Crippen LogP contribution in [0.25, 0.3) is 10.9 Å². The van der Waals surface area contributed by atoms with Gasteiger partial charge in [-0.3, -0.25) is 14.3 Å². The van der Waals surface area contributed by atoms with Gasteiger partial charge >= 0.3 is 0 Å². The van der Waals surface area contributed by atoms with Crippen molar-refractivity contribution in [2.75, 3.05) is 18.4 Å². The highest BCUT2D eigenvalue weighted by Gasteiger charge is 2.25. The molecule has 0 radical (unpaired) electrons. The Labute approximate surface area is 148 Å². The van der Waals surface area contributed by atoms with E-state index in [1.807, 2.05) is 29.2 Å². The smallest absolute Gasteiger partial charge is 0.275 e. The molecule has 0 bridgehead atoms. The first-order valence-electron chi connectivity index (χ1n) is 8.16. The summed E-state index contributed by atoms with van der Waals surface area (Å²) in [5.41, 5.74) is 1.19. The fourth-order valence-electron chi connectivity index (χ4n) is 3.06. The van der Waals surface area contributed by atoms with Crippen molar-refractivity contribution in [1.29, 1.82) is 0 Å². The van der Waals surface area contributed by atoms with E-state index in [9.17, 15) is 9.59 Å². The summed E-state index contributed by atoms with van der Waals surface area (Å²) in [5, 5.41) is 10.3. The average Bonchev–Trinajstić information content (AvgIpc) is 3.36. The number of hydrogen-bond donors (Lipinski definition) is 1. The zero-order chi connectivity index (χ0) is 17.2. The average molecular weight is 355 g/mol. The summed E-state index contributed by atoms with van der Waals surface area (Å²) in [6.07, 6.45) is 3.69. The zero-order valence-electron chi connectivity index (χ0n) is 13.5. The van der Waals surface area contributed by atoms with E-state index in [2.05, 4.69) is 15.4 Å². The van der Waals surface area contributed by atoms with Crippen LogP contribution >= 0.6 is 11.3 Å². The molecule has 1 aliphatic rings. The van der Waals surface area contributed by atoms with Gasteiger partial charge in [-0.2, -0.15) is 5.10 Å². The van der Waals surface area contributed by atoms with Gasteiger partial charge in [0.15, 0.2) is 10.8 Å². The van der Waals surface area contributed by atoms with Crippen LogP contribution in [0.3, 0.4) is 0 Å². The van der Waals surface area contributed by atoms with Crippen LogP contribution in [0.15, 0.2) is 35.8 Å². The van der Waals surface area contributed by atoms with Crippen molar-refractivity contribution in [3.63, 3.8) is 0 Å². The molecular weight excluding hydrogens is 338 g/mol. The largest absolute Gasteiger partial charge is 0.337 e. The first-order valence-corrected chi connectivity index (χ1v) is 9.04. The predicted octanol–water partition coefficient (Wildman–Crippen LogP) is 2.37. The fraction of sp³-hybridized carbons (Fsp3) is 0.294. The molecule has 0 atom stereocenters. The normalized spacial score (nSPS) is 14.2. The number of likely N-dealkylation sites (tertiary alicyclic amines) is 1. The summed E-state index contributed by atoms with van der Waals surface area (Å²) in [6.45, 7) is 1.57. The van der Waals surface area contributed by atoms with Gasteiger partial charge in [-0.25, -0.2) is 4.98 Å². The van der Waals surface area contributed by atoms with Crippen LogP contribution in [-0.4, -0.2) is 44.6 Å². The zero-order valence-corrected chi connectivity index (χ0v) is 14.3. The Kier molecular flexibility index (Phi) is 4.19. The number of benzene rings is 1. The molecule has 3 aromatic rings. The first kappa shape index (κ1) is 15.8. The topological polar surface area (TPSA) is 80.1 Å². The molecule has 1 fully saturated rings. The Morgan fingerprint density at radius 2 is 2.00 bits per heavy atom. The monoisotopic (exact) mass is 355 g/mol. The third kappa shape index (κ3) is 3.12. The van der Waals surface area contributed by atoms with Gasteiger partial charge in [-0.05, 0) is 18.9 Å². The van der Waals surface area contributed by atoms with Gasteiger partial charge < -0.3 is 10.2 Å². The summed E-state index contributed by atoms with van der Waals surface area (Å²) < 4.78 is 1.58. The molecule has 128 valence electrons. The van der Waals surface area contributed by atoms with Crippen LogP contribution in [-0.2, 0) is 11.3 Å². The maximum atomic E-state index is 12.8. The number of carbonyl (C=O) groups excluding carboxylic acids is 2. The summed E-state index contributed by atoms with van der Waals surface area (Å²) in [5.74, 6) is -0.281. The highest BCUT2D eigenvalue weighted by Crippen LogP contribution is 2.22. The number of amides is 2. The molecule has 0 saturated carbocycles. The molecule has 1 aliphatic heterocycles. The quantitative estimate of drug-likeness (QED) is 0.779. The molecule has 25 heavy (non-hydrogen) atoms. The molecule has 4 rings (SSSR count). The van der Waals surface area contributed by atoms with Crippen molar-refractivity contribution in [3.05, 3.63) is 41.5 Å². The second-order valence-electron chi connectivity index (χ2n) is 5.91. The molecule has 1 N–H and O–H groups in total. The van der Waals surface area contributed by atoms with E-state index in [4.69, 9.17) is 0 Å². The highest BCUT2D eigenvalue weighted by molar-refractivity contribution is 7.13. The number of carbonyl (C=O) groups is 2. The van der Waals surface area contributed by atoms with Crippen LogP contribution in [0.2, 0.25) is 0 Å². The molecule has 7 nitrogen and oxygen atoms in total. The fourth-order valence-corrected chi connectivity index (χ4v) is 3.60. The lowest BCUT2D eigenvalue weighted by Crippen LogP contribution is -2.28. The van der Waals surface area contributed by atoms with E-state index in [1.165, 1.54) is 11.3 Å². The van der Waals surface area contributed by atoms with E-state index in [0.29, 0.717) is 10.8 Å². The molecular formula is C17H17N5O2S. The number of fused-ring (bicyclic) bond motifs is 1. The Morgan fingerprint density at radius 1 is 1.20 bits per heavy atom. The number of hydrogen-bond acceptors (Lipinski definition) is 5. The SMILES string of the molecule is O=C(Cn1nc(C(=O)N2CCCC2)c2ccccc21)Nc1nccs1. The van der Waals surface area contributed by atoms with Crippen molar-refractivity contribution >= 4 is 39.2 Å². The lowest BCUT2D eigenvalue weighted by atomic mass is 10.2. The van der Waals surface area contributed by atoms with Crippen molar-refractivity contribution in [3.8, 4) is 0 Å². The van der Waals surface area contributed by atoms with Crippen molar-refractivity contribution in [2.24, 2.45) is 0 Å². The highest BCUT2D eigenvalue weighted by atomic mass is 32.1. The molecule has 8 heteroatoms. The van der Waals surface area contributed by atoms with Gasteiger partial charge in [0.2, 0.25) is 5.91 Å². The van der Waals surface area contributed by atoms with Gasteiger partial charge in [-0.1, -0.05) is 18.2 Å². The number of nitrogens with one attached hydrogen (secondary N) is 1. The molecule has 1 saturated heterocycles. The molecule has 3 heterocycles. The molecule has 0 spiro atoms. The maximum Gasteiger partial charge on any atom is 0.275 e. The summed E-state index contributed by atoms with van der Waals surface area (Å²) in [4.78, 5) is 30.9. The minimum atomic E-state index is -0.219. The van der Waals surface area contributed by atoms with E-state index >= 15 is 0 Å². The van der Waals surface area contributed by atoms with Crippen LogP contribution in [0.4, 0.5) is 5.13 Å². The van der Waals surface area contributed by atoms with Crippen molar-refractivity contribution in [1.82, 2.24) is 19.7 Å². The van der Waals surface area contributed by atoms with Gasteiger partial charge in [0.1, 0.15) is 6.54 Å². The van der Waals surface area contributed by atoms with Gasteiger partial charge in [0.25, 0.3) is 5.91 Å². The molecule has 1 aromatic carbocycles. The third-order valence-corrected chi connectivity index (χ3v) is 4.91. The van der Waals surface area contributed by atoms with E-state index in [1.54, 1.807) is 16.3 Å². The van der Waals surface area contributed by atoms with Gasteiger partial charge in [-0.15, -0.1) is 11.3 Å². The lowest BCUT2D eigenvalue weighted by molar-refractivity contribution is -0.116. The number of anilines is 1. The first-order chi connectivity index (χ1) is 12.2. The Morgan fingerprint density at radius 3 is 2.76 bits per heavy atom. The second kappa shape index (κ2) is 6.64. The van der Waals surface area contributed by atoms with Crippen LogP contribution in [0.5, 0.6) is 0 Å². The van der Waals surface area contributed by atoms with E-state index in [-0.39, 0.29) is 18.4 Å². The lowest BCUT2D eigenvalue weighted by Gasteiger charge is -2.13. The number of aromatic nitrogens is 3. The Hall–Kier alpha value is -2.74. The van der Waals surface area contributed by atoms with Crippen LogP contribution < -0.4 is 5.32 Å². The number of para-hydroxylation sites is 1. The second-order valence-corrected chi connectivity index (χ2v) is 6.80. The number of nitrogens with zero attached hydrogens (tertiary/aromatic N) is 4. The minimum absolute atomic E-state index is 0.0351. The number of rotatable bonds is 4. The van der Waals surface area contributed by atoms with Crippen LogP contribution in [0.1, 0.15) is 23.3 Å². The van der Waals surface area contributed by atoms with Crippen LogP contribution in [0, 0.1) is 0 Å².